The lowest BCUT2D eigenvalue weighted by molar-refractivity contribution is 0.380. The van der Waals surface area contributed by atoms with Crippen molar-refractivity contribution < 1.29 is 0 Å². The maximum absolute atomic E-state index is 4.84. The highest BCUT2D eigenvalue weighted by Crippen LogP contribution is 2.39. The van der Waals surface area contributed by atoms with E-state index in [1.54, 1.807) is 0 Å². The summed E-state index contributed by atoms with van der Waals surface area (Å²) in [6.07, 6.45) is 6.58. The molecule has 19 heavy (non-hydrogen) atoms. The van der Waals surface area contributed by atoms with Crippen molar-refractivity contribution in [1.82, 2.24) is 9.97 Å². The minimum absolute atomic E-state index is 0.161. The molecule has 2 nitrogen and oxygen atoms in total. The number of hydrogen-bond donors (Lipinski definition) is 0. The first-order valence-electron chi connectivity index (χ1n) is 7.71. The molecule has 0 amide bonds. The molecule has 0 fully saturated rings. The van der Waals surface area contributed by atoms with E-state index in [0.29, 0.717) is 0 Å². The van der Waals surface area contributed by atoms with Gasteiger partial charge in [-0.2, -0.15) is 0 Å². The van der Waals surface area contributed by atoms with Gasteiger partial charge in [-0.25, -0.2) is 9.97 Å². The fraction of sp³-hybridized carbons (Fsp3) is 0.765. The Hall–Kier alpha value is -0.920. The van der Waals surface area contributed by atoms with Crippen molar-refractivity contribution in [1.29, 1.82) is 0 Å². The van der Waals surface area contributed by atoms with Gasteiger partial charge in [0, 0.05) is 11.6 Å². The lowest BCUT2D eigenvalue weighted by Crippen LogP contribution is -2.30. The van der Waals surface area contributed by atoms with Crippen LogP contribution in [-0.4, -0.2) is 9.97 Å². The van der Waals surface area contributed by atoms with Crippen LogP contribution in [0.3, 0.4) is 0 Å². The van der Waals surface area contributed by atoms with E-state index in [0.717, 1.165) is 31.5 Å². The summed E-state index contributed by atoms with van der Waals surface area (Å²) >= 11 is 0. The van der Waals surface area contributed by atoms with Crippen molar-refractivity contribution in [3.8, 4) is 0 Å². The van der Waals surface area contributed by atoms with Crippen LogP contribution in [0.5, 0.6) is 0 Å². The van der Waals surface area contributed by atoms with Gasteiger partial charge in [0.05, 0.1) is 5.69 Å². The summed E-state index contributed by atoms with van der Waals surface area (Å²) in [6, 6.07) is 0. The van der Waals surface area contributed by atoms with E-state index >= 15 is 0 Å². The summed E-state index contributed by atoms with van der Waals surface area (Å²) in [5, 5.41) is 0. The predicted molar refractivity (Wildman–Crippen MR) is 82.6 cm³/mol. The van der Waals surface area contributed by atoms with Gasteiger partial charge in [0.25, 0.3) is 0 Å². The molecule has 1 aromatic rings. The first kappa shape index (κ1) is 16.1. The van der Waals surface area contributed by atoms with E-state index in [2.05, 4.69) is 52.7 Å². The second kappa shape index (κ2) is 6.02. The molecule has 0 aliphatic rings. The third-order valence-electron chi connectivity index (χ3n) is 5.25. The Kier molecular flexibility index (Phi) is 5.11. The topological polar surface area (TPSA) is 25.8 Å². The number of hydrogen-bond acceptors (Lipinski definition) is 2. The Balaban J connectivity index is 3.50. The van der Waals surface area contributed by atoms with Gasteiger partial charge < -0.3 is 0 Å². The predicted octanol–water partition coefficient (Wildman–Crippen LogP) is 4.94. The summed E-state index contributed by atoms with van der Waals surface area (Å²) in [4.78, 5) is 9.31. The van der Waals surface area contributed by atoms with Crippen LogP contribution in [-0.2, 0) is 10.8 Å². The summed E-state index contributed by atoms with van der Waals surface area (Å²) < 4.78 is 0. The quantitative estimate of drug-likeness (QED) is 0.725. The molecule has 1 rings (SSSR count). The zero-order valence-corrected chi connectivity index (χ0v) is 13.8. The molecule has 108 valence electrons. The first-order chi connectivity index (χ1) is 8.86. The Morgan fingerprint density at radius 2 is 1.37 bits per heavy atom. The normalized spacial score (nSPS) is 12.8. The van der Waals surface area contributed by atoms with Gasteiger partial charge in [0.2, 0.25) is 0 Å². The zero-order valence-electron chi connectivity index (χ0n) is 13.8. The van der Waals surface area contributed by atoms with Crippen LogP contribution in [0.15, 0.2) is 6.20 Å². The van der Waals surface area contributed by atoms with Crippen molar-refractivity contribution in [3.05, 3.63) is 23.3 Å². The number of rotatable bonds is 6. The van der Waals surface area contributed by atoms with E-state index in [1.165, 1.54) is 11.3 Å². The highest BCUT2D eigenvalue weighted by atomic mass is 14.9. The highest BCUT2D eigenvalue weighted by molar-refractivity contribution is 5.32. The molecular formula is C17H30N2. The molecule has 0 aromatic carbocycles. The Labute approximate surface area is 119 Å². The van der Waals surface area contributed by atoms with Crippen molar-refractivity contribution in [2.75, 3.05) is 0 Å². The van der Waals surface area contributed by atoms with Crippen LogP contribution in [0.25, 0.3) is 0 Å². The third-order valence-corrected chi connectivity index (χ3v) is 5.25. The molecular weight excluding hydrogens is 232 g/mol. The smallest absolute Gasteiger partial charge is 0.125 e. The molecule has 0 unspecified atom stereocenters. The van der Waals surface area contributed by atoms with Crippen molar-refractivity contribution in [2.24, 2.45) is 0 Å². The standard InChI is InChI=1S/C17H30N2/c1-8-16(6,9-2)14-12-18-13(5)19-15(14)17(7,10-3)11-4/h12H,8-11H2,1-7H3. The summed E-state index contributed by atoms with van der Waals surface area (Å²) in [7, 11) is 0. The molecule has 0 saturated heterocycles. The second-order valence-corrected chi connectivity index (χ2v) is 6.22. The van der Waals surface area contributed by atoms with E-state index in [1.807, 2.05) is 6.92 Å². The van der Waals surface area contributed by atoms with Crippen LogP contribution >= 0.6 is 0 Å². The lowest BCUT2D eigenvalue weighted by atomic mass is 9.71. The Morgan fingerprint density at radius 3 is 1.79 bits per heavy atom. The van der Waals surface area contributed by atoms with Crippen LogP contribution in [0.1, 0.15) is 84.3 Å². The van der Waals surface area contributed by atoms with Gasteiger partial charge in [-0.05, 0) is 43.6 Å². The molecule has 0 aliphatic carbocycles. The van der Waals surface area contributed by atoms with E-state index in [-0.39, 0.29) is 10.8 Å². The minimum atomic E-state index is 0.161. The fourth-order valence-corrected chi connectivity index (χ4v) is 2.59. The van der Waals surface area contributed by atoms with Gasteiger partial charge in [-0.3, -0.25) is 0 Å². The maximum Gasteiger partial charge on any atom is 0.125 e. The number of aromatic nitrogens is 2. The zero-order chi connectivity index (χ0) is 14.7. The lowest BCUT2D eigenvalue weighted by Gasteiger charge is -2.35. The summed E-state index contributed by atoms with van der Waals surface area (Å²) in [6.45, 7) is 15.7. The van der Waals surface area contributed by atoms with Crippen molar-refractivity contribution in [2.45, 2.75) is 85.0 Å². The van der Waals surface area contributed by atoms with Gasteiger partial charge in [0.15, 0.2) is 0 Å². The Bertz CT molecular complexity index is 415. The first-order valence-corrected chi connectivity index (χ1v) is 7.71. The minimum Gasteiger partial charge on any atom is -0.241 e. The summed E-state index contributed by atoms with van der Waals surface area (Å²) in [5.41, 5.74) is 2.98. The third kappa shape index (κ3) is 2.98. The average molecular weight is 262 g/mol. The second-order valence-electron chi connectivity index (χ2n) is 6.22. The van der Waals surface area contributed by atoms with Gasteiger partial charge in [0.1, 0.15) is 5.82 Å². The molecule has 1 heterocycles. The molecule has 0 saturated carbocycles. The number of nitrogens with zero attached hydrogens (tertiary/aromatic N) is 2. The average Bonchev–Trinajstić information content (AvgIpc) is 2.45. The molecule has 0 N–H and O–H groups in total. The van der Waals surface area contributed by atoms with Crippen molar-refractivity contribution >= 4 is 0 Å². The summed E-state index contributed by atoms with van der Waals surface area (Å²) in [5.74, 6) is 0.890. The molecule has 1 aromatic heterocycles. The molecule has 0 radical (unpaired) electrons. The van der Waals surface area contributed by atoms with E-state index in [4.69, 9.17) is 4.98 Å². The SMILES string of the molecule is CCC(C)(CC)c1cnc(C)nc1C(C)(CC)CC. The van der Waals surface area contributed by atoms with Crippen LogP contribution in [0.2, 0.25) is 0 Å². The van der Waals surface area contributed by atoms with E-state index in [9.17, 15) is 0 Å². The highest BCUT2D eigenvalue weighted by Gasteiger charge is 2.34. The Morgan fingerprint density at radius 1 is 0.895 bits per heavy atom. The van der Waals surface area contributed by atoms with Gasteiger partial charge >= 0.3 is 0 Å². The molecule has 0 atom stereocenters. The van der Waals surface area contributed by atoms with E-state index < -0.39 is 0 Å². The monoisotopic (exact) mass is 262 g/mol. The van der Waals surface area contributed by atoms with Crippen LogP contribution in [0, 0.1) is 6.92 Å². The fourth-order valence-electron chi connectivity index (χ4n) is 2.59. The van der Waals surface area contributed by atoms with Crippen molar-refractivity contribution in [3.63, 3.8) is 0 Å². The molecule has 0 aliphatic heterocycles. The molecule has 0 bridgehead atoms. The van der Waals surface area contributed by atoms with Gasteiger partial charge in [-0.15, -0.1) is 0 Å². The van der Waals surface area contributed by atoms with Crippen LogP contribution in [0.4, 0.5) is 0 Å². The van der Waals surface area contributed by atoms with Gasteiger partial charge in [-0.1, -0.05) is 41.5 Å². The largest absolute Gasteiger partial charge is 0.241 e. The maximum atomic E-state index is 4.84. The molecule has 2 heteroatoms. The molecule has 0 spiro atoms. The number of aryl methyl sites for hydroxylation is 1. The van der Waals surface area contributed by atoms with Crippen LogP contribution < -0.4 is 0 Å².